The van der Waals surface area contributed by atoms with E-state index in [-0.39, 0.29) is 24.0 Å². The van der Waals surface area contributed by atoms with Gasteiger partial charge in [-0.15, -0.1) is 0 Å². The number of furan rings is 1. The summed E-state index contributed by atoms with van der Waals surface area (Å²) in [7, 11) is 0. The summed E-state index contributed by atoms with van der Waals surface area (Å²) >= 11 is 3.12. The van der Waals surface area contributed by atoms with Gasteiger partial charge in [0.25, 0.3) is 5.91 Å². The van der Waals surface area contributed by atoms with Crippen molar-refractivity contribution in [2.45, 2.75) is 26.7 Å². The van der Waals surface area contributed by atoms with Crippen LogP contribution < -0.4 is 5.32 Å². The van der Waals surface area contributed by atoms with Gasteiger partial charge in [-0.2, -0.15) is 0 Å². The maximum Gasteiger partial charge on any atom is 0.303 e. The van der Waals surface area contributed by atoms with Crippen molar-refractivity contribution in [3.05, 3.63) is 22.6 Å². The van der Waals surface area contributed by atoms with E-state index in [4.69, 9.17) is 9.52 Å². The number of carbonyl (C=O) groups is 2. The van der Waals surface area contributed by atoms with Crippen LogP contribution in [0.15, 0.2) is 21.2 Å². The number of nitrogens with one attached hydrogen (secondary N) is 1. The summed E-state index contributed by atoms with van der Waals surface area (Å²) in [4.78, 5) is 22.5. The molecule has 2 N–H and O–H groups in total. The maximum atomic E-state index is 11.8. The molecule has 0 unspecified atom stereocenters. The lowest BCUT2D eigenvalue weighted by Crippen LogP contribution is -2.30. The van der Waals surface area contributed by atoms with Crippen LogP contribution >= 0.6 is 15.9 Å². The van der Waals surface area contributed by atoms with E-state index in [0.717, 1.165) is 6.42 Å². The fourth-order valence-electron chi connectivity index (χ4n) is 1.91. The SMILES string of the molecule is CC(C)C[C@H](CNC(=O)c1ccc(Br)o1)CC(=O)O. The molecule has 0 aromatic carbocycles. The lowest BCUT2D eigenvalue weighted by molar-refractivity contribution is -0.138. The van der Waals surface area contributed by atoms with Crippen molar-refractivity contribution in [3.63, 3.8) is 0 Å². The molecular weight excluding hydrogens is 314 g/mol. The molecule has 1 heterocycles. The van der Waals surface area contributed by atoms with Crippen molar-refractivity contribution in [1.82, 2.24) is 5.32 Å². The summed E-state index contributed by atoms with van der Waals surface area (Å²) in [5.41, 5.74) is 0. The van der Waals surface area contributed by atoms with Crippen molar-refractivity contribution < 1.29 is 19.1 Å². The third-order valence-corrected chi connectivity index (χ3v) is 3.04. The number of aliphatic carboxylic acids is 1. The van der Waals surface area contributed by atoms with Crippen molar-refractivity contribution in [3.8, 4) is 0 Å². The zero-order valence-corrected chi connectivity index (χ0v) is 12.6. The Balaban J connectivity index is 2.50. The van der Waals surface area contributed by atoms with Gasteiger partial charge in [-0.25, -0.2) is 0 Å². The number of carboxylic acids is 1. The first-order valence-electron chi connectivity index (χ1n) is 6.13. The first kappa shape index (κ1) is 15.8. The van der Waals surface area contributed by atoms with Crippen molar-refractivity contribution in [2.75, 3.05) is 6.54 Å². The second-order valence-electron chi connectivity index (χ2n) is 4.91. The molecule has 0 fully saturated rings. The average Bonchev–Trinajstić information content (AvgIpc) is 2.71. The number of hydrogen-bond acceptors (Lipinski definition) is 3. The largest absolute Gasteiger partial charge is 0.481 e. The normalized spacial score (nSPS) is 12.4. The summed E-state index contributed by atoms with van der Waals surface area (Å²) in [6, 6.07) is 3.20. The summed E-state index contributed by atoms with van der Waals surface area (Å²) in [6.45, 7) is 4.39. The standard InChI is InChI=1S/C13H18BrNO4/c1-8(2)5-9(6-12(16)17)7-15-13(18)10-3-4-11(14)19-10/h3-4,8-9H,5-7H2,1-2H3,(H,15,18)(H,16,17)/t9-/m0/s1. The van der Waals surface area contributed by atoms with Gasteiger partial charge in [0.05, 0.1) is 0 Å². The highest BCUT2D eigenvalue weighted by molar-refractivity contribution is 9.10. The number of amides is 1. The molecule has 0 radical (unpaired) electrons. The predicted octanol–water partition coefficient (Wildman–Crippen LogP) is 2.91. The van der Waals surface area contributed by atoms with Crippen LogP contribution in [-0.4, -0.2) is 23.5 Å². The van der Waals surface area contributed by atoms with Crippen molar-refractivity contribution in [2.24, 2.45) is 11.8 Å². The first-order valence-corrected chi connectivity index (χ1v) is 6.93. The van der Waals surface area contributed by atoms with Gasteiger partial charge in [-0.05, 0) is 46.3 Å². The number of halogens is 1. The van der Waals surface area contributed by atoms with Crippen LogP contribution in [0.5, 0.6) is 0 Å². The summed E-state index contributed by atoms with van der Waals surface area (Å²) < 4.78 is 5.62. The molecule has 1 aromatic rings. The molecule has 0 aliphatic heterocycles. The van der Waals surface area contributed by atoms with Gasteiger partial charge in [-0.3, -0.25) is 9.59 Å². The van der Waals surface area contributed by atoms with Gasteiger partial charge >= 0.3 is 5.97 Å². The maximum absolute atomic E-state index is 11.8. The molecule has 1 rings (SSSR count). The molecule has 5 nitrogen and oxygen atoms in total. The van der Waals surface area contributed by atoms with Crippen molar-refractivity contribution in [1.29, 1.82) is 0 Å². The zero-order chi connectivity index (χ0) is 14.4. The van der Waals surface area contributed by atoms with Gasteiger partial charge < -0.3 is 14.8 Å². The fraction of sp³-hybridized carbons (Fsp3) is 0.538. The van der Waals surface area contributed by atoms with Gasteiger partial charge in [-0.1, -0.05) is 13.8 Å². The van der Waals surface area contributed by atoms with Crippen LogP contribution in [0.1, 0.15) is 37.2 Å². The second kappa shape index (κ2) is 7.33. The number of rotatable bonds is 7. The Morgan fingerprint density at radius 2 is 2.11 bits per heavy atom. The average molecular weight is 332 g/mol. The summed E-state index contributed by atoms with van der Waals surface area (Å²) in [5, 5.41) is 11.6. The molecule has 106 valence electrons. The highest BCUT2D eigenvalue weighted by Gasteiger charge is 2.17. The zero-order valence-electron chi connectivity index (χ0n) is 11.0. The van der Waals surface area contributed by atoms with Gasteiger partial charge in [0, 0.05) is 13.0 Å². The smallest absolute Gasteiger partial charge is 0.303 e. The molecule has 0 aliphatic rings. The Kier molecular flexibility index (Phi) is 6.08. The first-order chi connectivity index (χ1) is 8.88. The molecule has 19 heavy (non-hydrogen) atoms. The van der Waals surface area contributed by atoms with E-state index in [0.29, 0.717) is 17.1 Å². The molecule has 1 aromatic heterocycles. The van der Waals surface area contributed by atoms with Crippen LogP contribution in [0.2, 0.25) is 0 Å². The van der Waals surface area contributed by atoms with E-state index in [2.05, 4.69) is 21.2 Å². The Hall–Kier alpha value is -1.30. The van der Waals surface area contributed by atoms with Crippen LogP contribution in [0.3, 0.4) is 0 Å². The third kappa shape index (κ3) is 5.92. The molecule has 0 saturated carbocycles. The number of carbonyl (C=O) groups excluding carboxylic acids is 1. The van der Waals surface area contributed by atoms with Crippen molar-refractivity contribution >= 4 is 27.8 Å². The summed E-state index contributed by atoms with van der Waals surface area (Å²) in [6.07, 6.45) is 0.814. The summed E-state index contributed by atoms with van der Waals surface area (Å²) in [5.74, 6) is -0.644. The molecule has 0 aliphatic carbocycles. The Labute approximate surface area is 120 Å². The lowest BCUT2D eigenvalue weighted by Gasteiger charge is -2.17. The quantitative estimate of drug-likeness (QED) is 0.805. The van der Waals surface area contributed by atoms with Crippen LogP contribution in [0, 0.1) is 11.8 Å². The van der Waals surface area contributed by atoms with E-state index >= 15 is 0 Å². The van der Waals surface area contributed by atoms with E-state index in [1.165, 1.54) is 0 Å². The topological polar surface area (TPSA) is 79.5 Å². The highest BCUT2D eigenvalue weighted by Crippen LogP contribution is 2.16. The Bertz CT molecular complexity index is 442. The van der Waals surface area contributed by atoms with Gasteiger partial charge in [0.2, 0.25) is 0 Å². The molecule has 0 spiro atoms. The molecule has 1 amide bonds. The van der Waals surface area contributed by atoms with Crippen LogP contribution in [0.4, 0.5) is 0 Å². The lowest BCUT2D eigenvalue weighted by atomic mass is 9.94. The highest BCUT2D eigenvalue weighted by atomic mass is 79.9. The molecular formula is C13H18BrNO4. The van der Waals surface area contributed by atoms with E-state index in [9.17, 15) is 9.59 Å². The van der Waals surface area contributed by atoms with Crippen LogP contribution in [-0.2, 0) is 4.79 Å². The number of hydrogen-bond donors (Lipinski definition) is 2. The molecule has 0 bridgehead atoms. The molecule has 1 atom stereocenters. The Morgan fingerprint density at radius 1 is 1.42 bits per heavy atom. The molecule has 0 saturated heterocycles. The minimum atomic E-state index is -0.847. The van der Waals surface area contributed by atoms with Gasteiger partial charge in [0.1, 0.15) is 0 Å². The van der Waals surface area contributed by atoms with E-state index < -0.39 is 5.97 Å². The predicted molar refractivity (Wildman–Crippen MR) is 73.9 cm³/mol. The minimum absolute atomic E-state index is 0.0559. The third-order valence-electron chi connectivity index (χ3n) is 2.62. The van der Waals surface area contributed by atoms with E-state index in [1.54, 1.807) is 12.1 Å². The monoisotopic (exact) mass is 331 g/mol. The fourth-order valence-corrected chi connectivity index (χ4v) is 2.22. The number of carboxylic acid groups (broad SMARTS) is 1. The van der Waals surface area contributed by atoms with E-state index in [1.807, 2.05) is 13.8 Å². The molecule has 6 heteroatoms. The second-order valence-corrected chi connectivity index (χ2v) is 5.69. The van der Waals surface area contributed by atoms with Crippen LogP contribution in [0.25, 0.3) is 0 Å². The minimum Gasteiger partial charge on any atom is -0.481 e. The van der Waals surface area contributed by atoms with Gasteiger partial charge in [0.15, 0.2) is 10.4 Å². The Morgan fingerprint density at radius 3 is 2.58 bits per heavy atom.